The van der Waals surface area contributed by atoms with Gasteiger partial charge in [0, 0.05) is 4.70 Å². The largest absolute Gasteiger partial charge is 0.477 e. The molecule has 0 saturated heterocycles. The number of aromatic carboxylic acids is 1. The van der Waals surface area contributed by atoms with E-state index in [9.17, 15) is 4.79 Å². The molecule has 1 N–H and O–H groups in total. The van der Waals surface area contributed by atoms with E-state index in [-0.39, 0.29) is 0 Å². The van der Waals surface area contributed by atoms with E-state index >= 15 is 0 Å². The van der Waals surface area contributed by atoms with Crippen molar-refractivity contribution in [2.45, 2.75) is 13.8 Å². The maximum absolute atomic E-state index is 10.9. The van der Waals surface area contributed by atoms with Crippen LogP contribution in [-0.4, -0.2) is 11.1 Å². The number of carboxylic acid groups (broad SMARTS) is 1. The Balaban J connectivity index is 2.87. The summed E-state index contributed by atoms with van der Waals surface area (Å²) >= 11 is 1.35. The van der Waals surface area contributed by atoms with Crippen LogP contribution < -0.4 is 0 Å². The molecule has 0 aliphatic carbocycles. The van der Waals surface area contributed by atoms with Gasteiger partial charge in [-0.3, -0.25) is 0 Å². The Morgan fingerprint density at radius 2 is 2.07 bits per heavy atom. The molecular weight excluding hydrogens is 196 g/mol. The first-order valence-corrected chi connectivity index (χ1v) is 5.15. The van der Waals surface area contributed by atoms with E-state index in [2.05, 4.69) is 0 Å². The van der Waals surface area contributed by atoms with Crippen molar-refractivity contribution in [3.8, 4) is 0 Å². The number of hydrogen-bond acceptors (Lipinski definition) is 2. The fourth-order valence-electron chi connectivity index (χ4n) is 1.71. The predicted octanol–water partition coefficient (Wildman–Crippen LogP) is 3.22. The monoisotopic (exact) mass is 206 g/mol. The lowest BCUT2D eigenvalue weighted by Gasteiger charge is -1.96. The molecular formula is C11H10O2S. The van der Waals surface area contributed by atoms with E-state index in [1.165, 1.54) is 11.3 Å². The van der Waals surface area contributed by atoms with Gasteiger partial charge in [0.15, 0.2) is 0 Å². The summed E-state index contributed by atoms with van der Waals surface area (Å²) in [5.41, 5.74) is 2.03. The molecule has 0 saturated carbocycles. The molecule has 0 atom stereocenters. The number of fused-ring (bicyclic) bond motifs is 1. The fraction of sp³-hybridized carbons (Fsp3) is 0.182. The van der Waals surface area contributed by atoms with Crippen LogP contribution in [0.5, 0.6) is 0 Å². The van der Waals surface area contributed by atoms with Crippen molar-refractivity contribution in [1.29, 1.82) is 0 Å². The number of aryl methyl sites for hydroxylation is 2. The molecule has 0 amide bonds. The number of hydrogen-bond donors (Lipinski definition) is 1. The zero-order valence-electron chi connectivity index (χ0n) is 8.00. The minimum absolute atomic E-state index is 0.453. The van der Waals surface area contributed by atoms with Crippen molar-refractivity contribution < 1.29 is 9.90 Å². The molecule has 2 nitrogen and oxygen atoms in total. The Bertz CT molecular complexity index is 511. The van der Waals surface area contributed by atoms with Crippen LogP contribution in [0.3, 0.4) is 0 Å². The van der Waals surface area contributed by atoms with Crippen molar-refractivity contribution >= 4 is 27.4 Å². The molecule has 0 radical (unpaired) electrons. The van der Waals surface area contributed by atoms with Gasteiger partial charge in [0.2, 0.25) is 0 Å². The Morgan fingerprint density at radius 1 is 1.36 bits per heavy atom. The standard InChI is InChI=1S/C11H10O2S/c1-6-4-3-5-8-9(6)7(2)10(14-8)11(12)13/h3-5H,1-2H3,(H,12,13). The van der Waals surface area contributed by atoms with E-state index in [0.717, 1.165) is 21.2 Å². The van der Waals surface area contributed by atoms with E-state index in [0.29, 0.717) is 4.88 Å². The molecule has 2 aromatic rings. The van der Waals surface area contributed by atoms with Crippen molar-refractivity contribution in [3.05, 3.63) is 34.2 Å². The van der Waals surface area contributed by atoms with Gasteiger partial charge in [-0.15, -0.1) is 11.3 Å². The SMILES string of the molecule is Cc1cccc2sc(C(=O)O)c(C)c12. The minimum atomic E-state index is -0.830. The van der Waals surface area contributed by atoms with E-state index < -0.39 is 5.97 Å². The average molecular weight is 206 g/mol. The van der Waals surface area contributed by atoms with Crippen molar-refractivity contribution in [2.24, 2.45) is 0 Å². The highest BCUT2D eigenvalue weighted by molar-refractivity contribution is 7.21. The summed E-state index contributed by atoms with van der Waals surface area (Å²) in [6.07, 6.45) is 0. The smallest absolute Gasteiger partial charge is 0.346 e. The highest BCUT2D eigenvalue weighted by Crippen LogP contribution is 2.32. The highest BCUT2D eigenvalue weighted by Gasteiger charge is 2.14. The Kier molecular flexibility index (Phi) is 2.04. The summed E-state index contributed by atoms with van der Waals surface area (Å²) in [4.78, 5) is 11.4. The molecule has 0 spiro atoms. The normalized spacial score (nSPS) is 10.7. The van der Waals surface area contributed by atoms with Gasteiger partial charge >= 0.3 is 5.97 Å². The third kappa shape index (κ3) is 1.21. The number of benzene rings is 1. The lowest BCUT2D eigenvalue weighted by Crippen LogP contribution is -1.93. The van der Waals surface area contributed by atoms with Crippen LogP contribution in [0.1, 0.15) is 20.8 Å². The summed E-state index contributed by atoms with van der Waals surface area (Å²) < 4.78 is 1.06. The Hall–Kier alpha value is -1.35. The Morgan fingerprint density at radius 3 is 2.64 bits per heavy atom. The maximum Gasteiger partial charge on any atom is 0.346 e. The molecule has 0 aliphatic heterocycles. The summed E-state index contributed by atoms with van der Waals surface area (Å²) in [5, 5.41) is 10.1. The first kappa shape index (κ1) is 9.21. The third-order valence-electron chi connectivity index (χ3n) is 2.36. The van der Waals surface area contributed by atoms with Gasteiger partial charge in [0.1, 0.15) is 4.88 Å². The third-order valence-corrected chi connectivity index (χ3v) is 3.60. The minimum Gasteiger partial charge on any atom is -0.477 e. The second-order valence-electron chi connectivity index (χ2n) is 3.31. The van der Waals surface area contributed by atoms with Gasteiger partial charge in [-0.1, -0.05) is 12.1 Å². The van der Waals surface area contributed by atoms with Gasteiger partial charge in [-0.05, 0) is 36.4 Å². The molecule has 0 fully saturated rings. The molecule has 1 aromatic carbocycles. The van der Waals surface area contributed by atoms with Crippen LogP contribution in [0.15, 0.2) is 18.2 Å². The molecule has 1 aromatic heterocycles. The number of thiophene rings is 1. The van der Waals surface area contributed by atoms with Crippen LogP contribution in [0.25, 0.3) is 10.1 Å². The molecule has 0 unspecified atom stereocenters. The van der Waals surface area contributed by atoms with Crippen LogP contribution in [0.2, 0.25) is 0 Å². The van der Waals surface area contributed by atoms with Gasteiger partial charge in [0.25, 0.3) is 0 Å². The van der Waals surface area contributed by atoms with Gasteiger partial charge in [-0.2, -0.15) is 0 Å². The molecule has 0 aliphatic rings. The van der Waals surface area contributed by atoms with E-state index in [4.69, 9.17) is 5.11 Å². The molecule has 14 heavy (non-hydrogen) atoms. The number of rotatable bonds is 1. The zero-order chi connectivity index (χ0) is 10.3. The van der Waals surface area contributed by atoms with Crippen LogP contribution in [0.4, 0.5) is 0 Å². The van der Waals surface area contributed by atoms with Crippen LogP contribution in [-0.2, 0) is 0 Å². The lowest BCUT2D eigenvalue weighted by atomic mass is 10.1. The van der Waals surface area contributed by atoms with Crippen molar-refractivity contribution in [2.75, 3.05) is 0 Å². The van der Waals surface area contributed by atoms with Crippen molar-refractivity contribution in [1.82, 2.24) is 0 Å². The summed E-state index contributed by atoms with van der Waals surface area (Å²) in [7, 11) is 0. The molecule has 72 valence electrons. The van der Waals surface area contributed by atoms with Gasteiger partial charge in [0.05, 0.1) is 0 Å². The Labute approximate surface area is 85.8 Å². The van der Waals surface area contributed by atoms with Crippen LogP contribution >= 0.6 is 11.3 Å². The summed E-state index contributed by atoms with van der Waals surface area (Å²) in [6.45, 7) is 3.88. The van der Waals surface area contributed by atoms with E-state index in [1.54, 1.807) is 0 Å². The molecule has 3 heteroatoms. The predicted molar refractivity (Wildman–Crippen MR) is 58.3 cm³/mol. The quantitative estimate of drug-likeness (QED) is 0.777. The van der Waals surface area contributed by atoms with Gasteiger partial charge < -0.3 is 5.11 Å². The van der Waals surface area contributed by atoms with Crippen molar-refractivity contribution in [3.63, 3.8) is 0 Å². The first-order chi connectivity index (χ1) is 6.61. The average Bonchev–Trinajstić information content (AvgIpc) is 2.45. The molecule has 1 heterocycles. The molecule has 2 rings (SSSR count). The fourth-order valence-corrected chi connectivity index (χ4v) is 2.84. The summed E-state index contributed by atoms with van der Waals surface area (Å²) in [5.74, 6) is -0.830. The van der Waals surface area contributed by atoms with Crippen LogP contribution in [0, 0.1) is 13.8 Å². The lowest BCUT2D eigenvalue weighted by molar-refractivity contribution is 0.0701. The maximum atomic E-state index is 10.9. The first-order valence-electron chi connectivity index (χ1n) is 4.33. The topological polar surface area (TPSA) is 37.3 Å². The second-order valence-corrected chi connectivity index (χ2v) is 4.36. The second kappa shape index (κ2) is 3.10. The number of carboxylic acids is 1. The highest BCUT2D eigenvalue weighted by atomic mass is 32.1. The molecule has 0 bridgehead atoms. The van der Waals surface area contributed by atoms with Gasteiger partial charge in [-0.25, -0.2) is 4.79 Å². The zero-order valence-corrected chi connectivity index (χ0v) is 8.81. The summed E-state index contributed by atoms with van der Waals surface area (Å²) in [6, 6.07) is 5.93. The number of carbonyl (C=O) groups is 1. The van der Waals surface area contributed by atoms with E-state index in [1.807, 2.05) is 32.0 Å².